The van der Waals surface area contributed by atoms with Gasteiger partial charge < -0.3 is 14.9 Å². The molecule has 0 bridgehead atoms. The van der Waals surface area contributed by atoms with Gasteiger partial charge in [-0.1, -0.05) is 41.5 Å². The Morgan fingerprint density at radius 1 is 0.957 bits per heavy atom. The number of phenols is 1. The van der Waals surface area contributed by atoms with E-state index < -0.39 is 11.9 Å². The minimum atomic E-state index is -1.04. The summed E-state index contributed by atoms with van der Waals surface area (Å²) in [5, 5.41) is 19.2. The summed E-state index contributed by atoms with van der Waals surface area (Å²) in [7, 11) is 0. The third kappa shape index (κ3) is 5.27. The van der Waals surface area contributed by atoms with E-state index in [4.69, 9.17) is 9.84 Å². The second-order valence-corrected chi connectivity index (χ2v) is 7.73. The second kappa shape index (κ2) is 6.60. The minimum Gasteiger partial charge on any atom is -0.507 e. The zero-order valence-corrected chi connectivity index (χ0v) is 14.7. The van der Waals surface area contributed by atoms with Gasteiger partial charge in [0.25, 0.3) is 0 Å². The number of rotatable bonds is 4. The molecule has 0 heterocycles. The molecule has 0 amide bonds. The molecule has 1 aromatic rings. The summed E-state index contributed by atoms with van der Waals surface area (Å²) in [5.74, 6) is -1.11. The van der Waals surface area contributed by atoms with Crippen molar-refractivity contribution in [3.63, 3.8) is 0 Å². The number of aliphatic carboxylic acids is 1. The largest absolute Gasteiger partial charge is 0.507 e. The summed E-state index contributed by atoms with van der Waals surface area (Å²) in [5.41, 5.74) is 0.720. The molecule has 5 heteroatoms. The highest BCUT2D eigenvalue weighted by atomic mass is 16.5. The van der Waals surface area contributed by atoms with Gasteiger partial charge in [0.05, 0.1) is 12.8 Å². The zero-order valence-electron chi connectivity index (χ0n) is 14.7. The molecule has 0 aliphatic rings. The number of carboxylic acid groups (broad SMARTS) is 1. The summed E-state index contributed by atoms with van der Waals surface area (Å²) in [6.45, 7) is 11.8. The maximum atomic E-state index is 11.8. The number of aromatic hydroxyl groups is 1. The molecule has 0 fully saturated rings. The normalized spacial score (nSPS) is 12.1. The Hall–Kier alpha value is -2.04. The van der Waals surface area contributed by atoms with E-state index in [1.807, 2.05) is 41.5 Å². The maximum absolute atomic E-state index is 11.8. The first-order valence-corrected chi connectivity index (χ1v) is 7.63. The lowest BCUT2D eigenvalue weighted by atomic mass is 9.79. The molecule has 23 heavy (non-hydrogen) atoms. The smallest absolute Gasteiger partial charge is 0.311 e. The van der Waals surface area contributed by atoms with Gasteiger partial charge in [0.15, 0.2) is 0 Å². The van der Waals surface area contributed by atoms with Gasteiger partial charge in [-0.2, -0.15) is 0 Å². The lowest BCUT2D eigenvalue weighted by molar-refractivity contribution is -0.142. The van der Waals surface area contributed by atoms with Crippen LogP contribution < -0.4 is 4.74 Å². The number of esters is 1. The highest BCUT2D eigenvalue weighted by Crippen LogP contribution is 2.41. The Kier molecular flexibility index (Phi) is 5.46. The van der Waals surface area contributed by atoms with E-state index in [0.717, 1.165) is 0 Å². The molecule has 0 unspecified atom stereocenters. The van der Waals surface area contributed by atoms with E-state index >= 15 is 0 Å². The first-order chi connectivity index (χ1) is 10.3. The topological polar surface area (TPSA) is 83.8 Å². The second-order valence-electron chi connectivity index (χ2n) is 7.73. The predicted octanol–water partition coefficient (Wildman–Crippen LogP) is 3.76. The van der Waals surface area contributed by atoms with Crippen molar-refractivity contribution in [2.75, 3.05) is 0 Å². The average molecular weight is 322 g/mol. The van der Waals surface area contributed by atoms with E-state index in [1.165, 1.54) is 0 Å². The molecule has 0 atom stereocenters. The molecule has 2 N–H and O–H groups in total. The maximum Gasteiger partial charge on any atom is 0.311 e. The minimum absolute atomic E-state index is 0.189. The van der Waals surface area contributed by atoms with Gasteiger partial charge in [0.1, 0.15) is 11.5 Å². The molecule has 0 aliphatic carbocycles. The number of phenolic OH excluding ortho intramolecular Hbond substituents is 1. The summed E-state index contributed by atoms with van der Waals surface area (Å²) < 4.78 is 5.28. The first-order valence-electron chi connectivity index (χ1n) is 7.63. The summed E-state index contributed by atoms with van der Waals surface area (Å²) in [4.78, 5) is 22.3. The zero-order chi connectivity index (χ0) is 18.0. The van der Waals surface area contributed by atoms with Crippen molar-refractivity contribution in [3.05, 3.63) is 23.3 Å². The Morgan fingerprint density at radius 3 is 1.74 bits per heavy atom. The highest BCUT2D eigenvalue weighted by molar-refractivity contribution is 5.78. The number of hydrogen-bond donors (Lipinski definition) is 2. The summed E-state index contributed by atoms with van der Waals surface area (Å²) >= 11 is 0. The Balaban J connectivity index is 3.23. The number of carbonyl (C=O) groups is 2. The molecular weight excluding hydrogens is 296 g/mol. The molecule has 0 aromatic heterocycles. The van der Waals surface area contributed by atoms with Crippen molar-refractivity contribution >= 4 is 11.9 Å². The van der Waals surface area contributed by atoms with Crippen LogP contribution in [0.3, 0.4) is 0 Å². The van der Waals surface area contributed by atoms with E-state index in [0.29, 0.717) is 16.9 Å². The van der Waals surface area contributed by atoms with Crippen molar-refractivity contribution in [2.24, 2.45) is 0 Å². The van der Waals surface area contributed by atoms with Crippen LogP contribution in [0, 0.1) is 0 Å². The van der Waals surface area contributed by atoms with Crippen LogP contribution >= 0.6 is 0 Å². The molecule has 1 aromatic carbocycles. The van der Waals surface area contributed by atoms with Crippen LogP contribution in [0.1, 0.15) is 65.5 Å². The Labute approximate surface area is 137 Å². The van der Waals surface area contributed by atoms with Crippen molar-refractivity contribution in [3.8, 4) is 11.5 Å². The standard InChI is InChI=1S/C18H26O5/c1-17(2,3)12-9-11(23-15(21)8-7-14(19)20)10-13(16(12)22)18(4,5)6/h9-10,22H,7-8H2,1-6H3,(H,19,20). The average Bonchev–Trinajstić information content (AvgIpc) is 2.35. The van der Waals surface area contributed by atoms with Gasteiger partial charge in [-0.25, -0.2) is 0 Å². The number of carboxylic acids is 1. The first kappa shape index (κ1) is 19.0. The summed E-state index contributed by atoms with van der Waals surface area (Å²) in [6.07, 6.45) is -0.457. The van der Waals surface area contributed by atoms with Crippen molar-refractivity contribution in [2.45, 2.75) is 65.2 Å². The fourth-order valence-electron chi connectivity index (χ4n) is 2.20. The van der Waals surface area contributed by atoms with Crippen LogP contribution in [0.2, 0.25) is 0 Å². The van der Waals surface area contributed by atoms with Gasteiger partial charge in [-0.15, -0.1) is 0 Å². The van der Waals surface area contributed by atoms with E-state index in [1.54, 1.807) is 12.1 Å². The summed E-state index contributed by atoms with van der Waals surface area (Å²) in [6, 6.07) is 3.28. The molecular formula is C18H26O5. The van der Waals surface area contributed by atoms with Gasteiger partial charge >= 0.3 is 11.9 Å². The lowest BCUT2D eigenvalue weighted by Crippen LogP contribution is -2.18. The van der Waals surface area contributed by atoms with E-state index in [9.17, 15) is 14.7 Å². The molecule has 0 aliphatic heterocycles. The van der Waals surface area contributed by atoms with Crippen LogP contribution in [-0.2, 0) is 20.4 Å². The lowest BCUT2D eigenvalue weighted by Gasteiger charge is -2.27. The molecule has 0 saturated carbocycles. The predicted molar refractivity (Wildman–Crippen MR) is 88.0 cm³/mol. The van der Waals surface area contributed by atoms with Gasteiger partial charge in [0, 0.05) is 11.1 Å². The quantitative estimate of drug-likeness (QED) is 0.651. The molecule has 1 rings (SSSR count). The van der Waals surface area contributed by atoms with Crippen molar-refractivity contribution in [1.29, 1.82) is 0 Å². The molecule has 0 spiro atoms. The number of hydrogen-bond acceptors (Lipinski definition) is 4. The molecule has 5 nitrogen and oxygen atoms in total. The molecule has 0 radical (unpaired) electrons. The Bertz CT molecular complexity index is 568. The number of ether oxygens (including phenoxy) is 1. The van der Waals surface area contributed by atoms with Gasteiger partial charge in [0.2, 0.25) is 0 Å². The van der Waals surface area contributed by atoms with Crippen LogP contribution in [0.25, 0.3) is 0 Å². The third-order valence-corrected chi connectivity index (χ3v) is 3.47. The van der Waals surface area contributed by atoms with Gasteiger partial charge in [-0.3, -0.25) is 9.59 Å². The fourth-order valence-corrected chi connectivity index (χ4v) is 2.20. The number of carbonyl (C=O) groups excluding carboxylic acids is 1. The van der Waals surface area contributed by atoms with Crippen LogP contribution in [0.15, 0.2) is 12.1 Å². The van der Waals surface area contributed by atoms with Crippen molar-refractivity contribution < 1.29 is 24.5 Å². The highest BCUT2D eigenvalue weighted by Gasteiger charge is 2.27. The Morgan fingerprint density at radius 2 is 1.39 bits per heavy atom. The van der Waals surface area contributed by atoms with E-state index in [2.05, 4.69) is 0 Å². The number of benzene rings is 1. The third-order valence-electron chi connectivity index (χ3n) is 3.47. The van der Waals surface area contributed by atoms with Gasteiger partial charge in [-0.05, 0) is 23.0 Å². The SMILES string of the molecule is CC(C)(C)c1cc(OC(=O)CCC(=O)O)cc(C(C)(C)C)c1O. The van der Waals surface area contributed by atoms with Crippen molar-refractivity contribution in [1.82, 2.24) is 0 Å². The monoisotopic (exact) mass is 322 g/mol. The molecule has 128 valence electrons. The fraction of sp³-hybridized carbons (Fsp3) is 0.556. The molecule has 0 saturated heterocycles. The van der Waals surface area contributed by atoms with Crippen LogP contribution in [-0.4, -0.2) is 22.2 Å². The van der Waals surface area contributed by atoms with Crippen LogP contribution in [0.4, 0.5) is 0 Å². The van der Waals surface area contributed by atoms with E-state index in [-0.39, 0.29) is 29.4 Å². The van der Waals surface area contributed by atoms with Crippen LogP contribution in [0.5, 0.6) is 11.5 Å².